The van der Waals surface area contributed by atoms with Gasteiger partial charge in [-0.2, -0.15) is 0 Å². The Labute approximate surface area is 130 Å². The summed E-state index contributed by atoms with van der Waals surface area (Å²) in [5.74, 6) is -0.847. The van der Waals surface area contributed by atoms with Gasteiger partial charge in [0.25, 0.3) is 0 Å². The molecule has 0 aromatic heterocycles. The van der Waals surface area contributed by atoms with Crippen LogP contribution in [0.1, 0.15) is 48.0 Å². The zero-order valence-electron chi connectivity index (χ0n) is 13.0. The highest BCUT2D eigenvalue weighted by Crippen LogP contribution is 2.17. The number of amides is 1. The standard InChI is InChI=1S/C17H23NO4/c1-18(12-13-5-7-14(8-6-13)17(20)21)16(19)10-9-15-4-2-3-11-22-15/h5-8,15H,2-4,9-12H2,1H3,(H,20,21)/t15-/m1/s1. The molecule has 1 atom stereocenters. The van der Waals surface area contributed by atoms with Crippen molar-refractivity contribution in [3.05, 3.63) is 35.4 Å². The van der Waals surface area contributed by atoms with E-state index < -0.39 is 5.97 Å². The number of carbonyl (C=O) groups is 2. The molecule has 0 radical (unpaired) electrons. The Bertz CT molecular complexity index is 506. The van der Waals surface area contributed by atoms with Gasteiger partial charge in [-0.3, -0.25) is 4.79 Å². The van der Waals surface area contributed by atoms with Crippen LogP contribution in [0.4, 0.5) is 0 Å². The van der Waals surface area contributed by atoms with Crippen molar-refractivity contribution in [3.8, 4) is 0 Å². The molecule has 1 fully saturated rings. The summed E-state index contributed by atoms with van der Waals surface area (Å²) in [5, 5.41) is 8.86. The zero-order chi connectivity index (χ0) is 15.9. The molecule has 1 aliphatic rings. The molecule has 0 bridgehead atoms. The van der Waals surface area contributed by atoms with Crippen LogP contribution in [0, 0.1) is 0 Å². The summed E-state index contributed by atoms with van der Waals surface area (Å²) in [5.41, 5.74) is 1.18. The lowest BCUT2D eigenvalue weighted by atomic mass is 10.0. The summed E-state index contributed by atoms with van der Waals surface area (Å²) in [7, 11) is 1.77. The van der Waals surface area contributed by atoms with Gasteiger partial charge in [-0.25, -0.2) is 4.79 Å². The first-order valence-electron chi connectivity index (χ1n) is 7.74. The topological polar surface area (TPSA) is 66.8 Å². The quantitative estimate of drug-likeness (QED) is 0.877. The molecule has 0 unspecified atom stereocenters. The summed E-state index contributed by atoms with van der Waals surface area (Å²) >= 11 is 0. The summed E-state index contributed by atoms with van der Waals surface area (Å²) < 4.78 is 5.64. The average Bonchev–Trinajstić information content (AvgIpc) is 2.54. The van der Waals surface area contributed by atoms with E-state index in [0.717, 1.165) is 31.4 Å². The first kappa shape index (κ1) is 16.5. The highest BCUT2D eigenvalue weighted by atomic mass is 16.5. The van der Waals surface area contributed by atoms with Crippen LogP contribution in [0.3, 0.4) is 0 Å². The molecule has 1 aromatic carbocycles. The SMILES string of the molecule is CN(Cc1ccc(C(=O)O)cc1)C(=O)CC[C@H]1CCCCO1. The molecule has 120 valence electrons. The van der Waals surface area contributed by atoms with E-state index in [1.54, 1.807) is 36.2 Å². The number of carbonyl (C=O) groups excluding carboxylic acids is 1. The minimum atomic E-state index is -0.941. The monoisotopic (exact) mass is 305 g/mol. The maximum Gasteiger partial charge on any atom is 0.335 e. The molecule has 0 aliphatic carbocycles. The van der Waals surface area contributed by atoms with Crippen LogP contribution in [0.5, 0.6) is 0 Å². The highest BCUT2D eigenvalue weighted by molar-refractivity contribution is 5.87. The molecular weight excluding hydrogens is 282 g/mol. The third kappa shape index (κ3) is 4.84. The molecule has 1 N–H and O–H groups in total. The maximum atomic E-state index is 12.1. The van der Waals surface area contributed by atoms with Crippen LogP contribution in [-0.2, 0) is 16.1 Å². The number of carboxylic acid groups (broad SMARTS) is 1. The lowest BCUT2D eigenvalue weighted by Gasteiger charge is -2.23. The van der Waals surface area contributed by atoms with Gasteiger partial charge in [0.15, 0.2) is 0 Å². The molecule has 1 heterocycles. The minimum absolute atomic E-state index is 0.0940. The lowest BCUT2D eigenvalue weighted by molar-refractivity contribution is -0.131. The fourth-order valence-corrected chi connectivity index (χ4v) is 2.63. The van der Waals surface area contributed by atoms with Gasteiger partial charge >= 0.3 is 5.97 Å². The van der Waals surface area contributed by atoms with Crippen molar-refractivity contribution < 1.29 is 19.4 Å². The zero-order valence-corrected chi connectivity index (χ0v) is 13.0. The molecule has 5 nitrogen and oxygen atoms in total. The smallest absolute Gasteiger partial charge is 0.335 e. The van der Waals surface area contributed by atoms with E-state index in [-0.39, 0.29) is 17.6 Å². The van der Waals surface area contributed by atoms with E-state index in [9.17, 15) is 9.59 Å². The fourth-order valence-electron chi connectivity index (χ4n) is 2.63. The summed E-state index contributed by atoms with van der Waals surface area (Å²) in [4.78, 5) is 24.6. The molecule has 1 aromatic rings. The van der Waals surface area contributed by atoms with Crippen molar-refractivity contribution in [1.29, 1.82) is 0 Å². The Morgan fingerprint density at radius 2 is 2.00 bits per heavy atom. The van der Waals surface area contributed by atoms with Gasteiger partial charge < -0.3 is 14.7 Å². The number of hydrogen-bond acceptors (Lipinski definition) is 3. The number of ether oxygens (including phenoxy) is 1. The van der Waals surface area contributed by atoms with E-state index in [4.69, 9.17) is 9.84 Å². The second kappa shape index (κ2) is 7.94. The van der Waals surface area contributed by atoms with Crippen LogP contribution in [0.15, 0.2) is 24.3 Å². The first-order chi connectivity index (χ1) is 10.6. The number of rotatable bonds is 6. The van der Waals surface area contributed by atoms with Gasteiger partial charge in [0, 0.05) is 26.6 Å². The Kier molecular flexibility index (Phi) is 5.95. The molecule has 5 heteroatoms. The van der Waals surface area contributed by atoms with Crippen LogP contribution in [0.25, 0.3) is 0 Å². The van der Waals surface area contributed by atoms with E-state index in [1.807, 2.05) is 0 Å². The van der Waals surface area contributed by atoms with Crippen molar-refractivity contribution in [1.82, 2.24) is 4.90 Å². The van der Waals surface area contributed by atoms with Crippen molar-refractivity contribution in [2.24, 2.45) is 0 Å². The highest BCUT2D eigenvalue weighted by Gasteiger charge is 2.17. The van der Waals surface area contributed by atoms with Crippen molar-refractivity contribution >= 4 is 11.9 Å². The molecule has 0 spiro atoms. The second-order valence-corrected chi connectivity index (χ2v) is 5.78. The van der Waals surface area contributed by atoms with E-state index in [1.165, 1.54) is 6.42 Å². The largest absolute Gasteiger partial charge is 0.478 e. The number of hydrogen-bond donors (Lipinski definition) is 1. The number of benzene rings is 1. The van der Waals surface area contributed by atoms with Crippen LogP contribution in [0.2, 0.25) is 0 Å². The number of carboxylic acids is 1. The molecule has 0 saturated carbocycles. The van der Waals surface area contributed by atoms with Gasteiger partial charge in [-0.15, -0.1) is 0 Å². The Balaban J connectivity index is 1.78. The molecular formula is C17H23NO4. The van der Waals surface area contributed by atoms with E-state index in [0.29, 0.717) is 13.0 Å². The summed E-state index contributed by atoms with van der Waals surface area (Å²) in [6.45, 7) is 1.30. The van der Waals surface area contributed by atoms with Gasteiger partial charge in [0.2, 0.25) is 5.91 Å². The van der Waals surface area contributed by atoms with E-state index >= 15 is 0 Å². The normalized spacial score (nSPS) is 18.0. The van der Waals surface area contributed by atoms with Crippen molar-refractivity contribution in [2.45, 2.75) is 44.8 Å². The first-order valence-corrected chi connectivity index (χ1v) is 7.74. The Morgan fingerprint density at radius 1 is 1.27 bits per heavy atom. The summed E-state index contributed by atoms with van der Waals surface area (Å²) in [6.07, 6.45) is 4.85. The molecule has 1 saturated heterocycles. The van der Waals surface area contributed by atoms with Gasteiger partial charge in [0.1, 0.15) is 0 Å². The fraction of sp³-hybridized carbons (Fsp3) is 0.529. The minimum Gasteiger partial charge on any atom is -0.478 e. The molecule has 1 aliphatic heterocycles. The second-order valence-electron chi connectivity index (χ2n) is 5.78. The lowest BCUT2D eigenvalue weighted by Crippen LogP contribution is -2.28. The number of aromatic carboxylic acids is 1. The van der Waals surface area contributed by atoms with Gasteiger partial charge in [0.05, 0.1) is 11.7 Å². The van der Waals surface area contributed by atoms with E-state index in [2.05, 4.69) is 0 Å². The van der Waals surface area contributed by atoms with Crippen molar-refractivity contribution in [2.75, 3.05) is 13.7 Å². The Morgan fingerprint density at radius 3 is 2.59 bits per heavy atom. The van der Waals surface area contributed by atoms with Gasteiger partial charge in [-0.1, -0.05) is 12.1 Å². The number of nitrogens with zero attached hydrogens (tertiary/aromatic N) is 1. The van der Waals surface area contributed by atoms with Crippen LogP contribution in [-0.4, -0.2) is 41.6 Å². The summed E-state index contributed by atoms with van der Waals surface area (Å²) in [6, 6.07) is 6.62. The molecule has 1 amide bonds. The predicted octanol–water partition coefficient (Wildman–Crippen LogP) is 2.69. The average molecular weight is 305 g/mol. The molecule has 2 rings (SSSR count). The van der Waals surface area contributed by atoms with Crippen LogP contribution < -0.4 is 0 Å². The third-order valence-electron chi connectivity index (χ3n) is 4.00. The Hall–Kier alpha value is -1.88. The van der Waals surface area contributed by atoms with Crippen molar-refractivity contribution in [3.63, 3.8) is 0 Å². The molecule has 22 heavy (non-hydrogen) atoms. The predicted molar refractivity (Wildman–Crippen MR) is 82.7 cm³/mol. The van der Waals surface area contributed by atoms with Crippen LogP contribution >= 0.6 is 0 Å². The third-order valence-corrected chi connectivity index (χ3v) is 4.00. The van der Waals surface area contributed by atoms with Gasteiger partial charge in [-0.05, 0) is 43.4 Å². The maximum absolute atomic E-state index is 12.1.